The van der Waals surface area contributed by atoms with Crippen molar-refractivity contribution in [3.63, 3.8) is 0 Å². The Morgan fingerprint density at radius 3 is 1.75 bits per heavy atom. The van der Waals surface area contributed by atoms with Crippen molar-refractivity contribution in [3.8, 4) is 0 Å². The standard InChI is InChI=1S/C12H16Br2O2/c13-7-9-3-1-5-11(15-9)12-6-2-4-10(8-14)16-12/h5-6,9-10H,1-4,7-8H2/t9-,10-/m0/s1. The number of alkyl halides is 2. The van der Waals surface area contributed by atoms with Gasteiger partial charge in [-0.3, -0.25) is 0 Å². The first-order chi connectivity index (χ1) is 7.83. The SMILES string of the molecule is BrC[C@@H]1CCC=C(C2=CCC[C@@H](CBr)O2)O1. The highest BCUT2D eigenvalue weighted by molar-refractivity contribution is 9.09. The molecule has 0 radical (unpaired) electrons. The van der Waals surface area contributed by atoms with Crippen molar-refractivity contribution in [2.75, 3.05) is 10.7 Å². The van der Waals surface area contributed by atoms with Gasteiger partial charge >= 0.3 is 0 Å². The van der Waals surface area contributed by atoms with Crippen LogP contribution in [0.2, 0.25) is 0 Å². The Morgan fingerprint density at radius 1 is 0.938 bits per heavy atom. The minimum absolute atomic E-state index is 0.286. The van der Waals surface area contributed by atoms with E-state index in [9.17, 15) is 0 Å². The van der Waals surface area contributed by atoms with Gasteiger partial charge in [-0.05, 0) is 37.8 Å². The average molecular weight is 352 g/mol. The summed E-state index contributed by atoms with van der Waals surface area (Å²) in [5, 5.41) is 1.78. The second-order valence-corrected chi connectivity index (χ2v) is 5.37. The van der Waals surface area contributed by atoms with E-state index in [0.29, 0.717) is 0 Å². The number of ether oxygens (including phenoxy) is 2. The zero-order valence-corrected chi connectivity index (χ0v) is 12.3. The Labute approximate surface area is 113 Å². The average Bonchev–Trinajstić information content (AvgIpc) is 2.39. The predicted octanol–water partition coefficient (Wildman–Crippen LogP) is 3.90. The number of allylic oxidation sites excluding steroid dienone is 2. The highest BCUT2D eigenvalue weighted by Crippen LogP contribution is 2.29. The van der Waals surface area contributed by atoms with E-state index in [1.165, 1.54) is 0 Å². The predicted molar refractivity (Wildman–Crippen MR) is 72.0 cm³/mol. The molecule has 2 rings (SSSR count). The third-order valence-corrected chi connectivity index (χ3v) is 4.26. The van der Waals surface area contributed by atoms with E-state index in [0.717, 1.165) is 47.9 Å². The van der Waals surface area contributed by atoms with Crippen LogP contribution in [0, 0.1) is 0 Å². The normalized spacial score (nSPS) is 29.9. The summed E-state index contributed by atoms with van der Waals surface area (Å²) in [6.07, 6.45) is 9.18. The van der Waals surface area contributed by atoms with Crippen LogP contribution >= 0.6 is 31.9 Å². The van der Waals surface area contributed by atoms with Crippen molar-refractivity contribution in [1.82, 2.24) is 0 Å². The molecule has 0 aliphatic carbocycles. The van der Waals surface area contributed by atoms with E-state index in [1.54, 1.807) is 0 Å². The Kier molecular flexibility index (Phi) is 4.77. The smallest absolute Gasteiger partial charge is 0.157 e. The van der Waals surface area contributed by atoms with Crippen LogP contribution in [0.15, 0.2) is 23.7 Å². The van der Waals surface area contributed by atoms with Gasteiger partial charge in [0, 0.05) is 10.7 Å². The van der Waals surface area contributed by atoms with Gasteiger partial charge in [0.2, 0.25) is 0 Å². The first-order valence-electron chi connectivity index (χ1n) is 5.69. The largest absolute Gasteiger partial charge is 0.486 e. The number of halogens is 2. The molecule has 0 fully saturated rings. The summed E-state index contributed by atoms with van der Waals surface area (Å²) in [5.74, 6) is 1.86. The number of hydrogen-bond acceptors (Lipinski definition) is 2. The van der Waals surface area contributed by atoms with Crippen molar-refractivity contribution in [1.29, 1.82) is 0 Å². The van der Waals surface area contributed by atoms with Gasteiger partial charge in [-0.2, -0.15) is 0 Å². The maximum absolute atomic E-state index is 5.87. The minimum atomic E-state index is 0.286. The first-order valence-corrected chi connectivity index (χ1v) is 7.93. The molecule has 2 heterocycles. The molecule has 4 heteroatoms. The molecule has 0 saturated heterocycles. The molecule has 0 bridgehead atoms. The molecule has 0 amide bonds. The van der Waals surface area contributed by atoms with Gasteiger partial charge in [0.1, 0.15) is 12.2 Å². The fourth-order valence-corrected chi connectivity index (χ4v) is 2.82. The van der Waals surface area contributed by atoms with Crippen LogP contribution in [-0.4, -0.2) is 22.9 Å². The van der Waals surface area contributed by atoms with Crippen molar-refractivity contribution in [2.24, 2.45) is 0 Å². The third-order valence-electron chi connectivity index (χ3n) is 2.81. The summed E-state index contributed by atoms with van der Waals surface area (Å²) in [7, 11) is 0. The van der Waals surface area contributed by atoms with Crippen molar-refractivity contribution >= 4 is 31.9 Å². The molecular weight excluding hydrogens is 336 g/mol. The molecule has 2 aliphatic heterocycles. The van der Waals surface area contributed by atoms with E-state index in [-0.39, 0.29) is 12.2 Å². The Morgan fingerprint density at radius 2 is 1.38 bits per heavy atom. The molecule has 0 aromatic carbocycles. The zero-order chi connectivity index (χ0) is 11.4. The highest BCUT2D eigenvalue weighted by Gasteiger charge is 2.23. The molecule has 2 aliphatic rings. The van der Waals surface area contributed by atoms with Gasteiger partial charge in [-0.15, -0.1) is 0 Å². The molecule has 0 spiro atoms. The molecule has 90 valence electrons. The molecule has 2 atom stereocenters. The third kappa shape index (κ3) is 3.04. The van der Waals surface area contributed by atoms with Gasteiger partial charge in [-0.1, -0.05) is 31.9 Å². The summed E-state index contributed by atoms with van der Waals surface area (Å²) in [5.41, 5.74) is 0. The van der Waals surface area contributed by atoms with Crippen molar-refractivity contribution in [2.45, 2.75) is 37.9 Å². The van der Waals surface area contributed by atoms with Gasteiger partial charge < -0.3 is 9.47 Å². The van der Waals surface area contributed by atoms with Crippen LogP contribution in [0.5, 0.6) is 0 Å². The molecule has 0 N–H and O–H groups in total. The number of hydrogen-bond donors (Lipinski definition) is 0. The highest BCUT2D eigenvalue weighted by atomic mass is 79.9. The Bertz CT molecular complexity index is 269. The maximum Gasteiger partial charge on any atom is 0.157 e. The lowest BCUT2D eigenvalue weighted by molar-refractivity contribution is 0.0611. The second kappa shape index (κ2) is 6.10. The summed E-state index contributed by atoms with van der Waals surface area (Å²) < 4.78 is 11.7. The topological polar surface area (TPSA) is 18.5 Å². The molecular formula is C12H16Br2O2. The van der Waals surface area contributed by atoms with E-state index in [4.69, 9.17) is 9.47 Å². The lowest BCUT2D eigenvalue weighted by atomic mass is 10.1. The molecule has 16 heavy (non-hydrogen) atoms. The molecule has 0 aromatic heterocycles. The quantitative estimate of drug-likeness (QED) is 0.718. The van der Waals surface area contributed by atoms with Crippen molar-refractivity contribution in [3.05, 3.63) is 23.7 Å². The number of rotatable bonds is 3. The first kappa shape index (κ1) is 12.5. The summed E-state index contributed by atoms with van der Waals surface area (Å²) in [4.78, 5) is 0. The monoisotopic (exact) mass is 350 g/mol. The zero-order valence-electron chi connectivity index (χ0n) is 9.12. The summed E-state index contributed by atoms with van der Waals surface area (Å²) in [6, 6.07) is 0. The van der Waals surface area contributed by atoms with Crippen LogP contribution in [0.1, 0.15) is 25.7 Å². The van der Waals surface area contributed by atoms with Crippen LogP contribution in [0.25, 0.3) is 0 Å². The van der Waals surface area contributed by atoms with Crippen LogP contribution in [0.4, 0.5) is 0 Å². The van der Waals surface area contributed by atoms with E-state index in [1.807, 2.05) is 0 Å². The van der Waals surface area contributed by atoms with Crippen LogP contribution in [-0.2, 0) is 9.47 Å². The summed E-state index contributed by atoms with van der Waals surface area (Å²) in [6.45, 7) is 0. The molecule has 0 unspecified atom stereocenters. The van der Waals surface area contributed by atoms with Crippen LogP contribution in [0.3, 0.4) is 0 Å². The minimum Gasteiger partial charge on any atom is -0.486 e. The van der Waals surface area contributed by atoms with E-state index < -0.39 is 0 Å². The van der Waals surface area contributed by atoms with Gasteiger partial charge in [-0.25, -0.2) is 0 Å². The van der Waals surface area contributed by atoms with Crippen LogP contribution < -0.4 is 0 Å². The molecule has 0 saturated carbocycles. The lowest BCUT2D eigenvalue weighted by Crippen LogP contribution is -2.23. The van der Waals surface area contributed by atoms with E-state index >= 15 is 0 Å². The Balaban J connectivity index is 2.01. The summed E-state index contributed by atoms with van der Waals surface area (Å²) >= 11 is 6.94. The molecule has 0 aromatic rings. The van der Waals surface area contributed by atoms with Crippen molar-refractivity contribution < 1.29 is 9.47 Å². The van der Waals surface area contributed by atoms with E-state index in [2.05, 4.69) is 44.0 Å². The second-order valence-electron chi connectivity index (χ2n) is 4.08. The Hall–Kier alpha value is 0.0400. The maximum atomic E-state index is 5.87. The lowest BCUT2D eigenvalue weighted by Gasteiger charge is -2.29. The molecule has 2 nitrogen and oxygen atoms in total. The fraction of sp³-hybridized carbons (Fsp3) is 0.667. The van der Waals surface area contributed by atoms with Gasteiger partial charge in [0.05, 0.1) is 0 Å². The fourth-order valence-electron chi connectivity index (χ4n) is 1.91. The van der Waals surface area contributed by atoms with Gasteiger partial charge in [0.15, 0.2) is 11.5 Å². The van der Waals surface area contributed by atoms with Gasteiger partial charge in [0.25, 0.3) is 0 Å².